The van der Waals surface area contributed by atoms with E-state index in [0.717, 1.165) is 24.2 Å². The van der Waals surface area contributed by atoms with Crippen molar-refractivity contribution in [1.82, 2.24) is 4.90 Å². The highest BCUT2D eigenvalue weighted by atomic mass is 16.3. The molecule has 0 aliphatic carbocycles. The number of phenolic OH excluding ortho intramolecular Hbond substituents is 1. The largest absolute Gasteiger partial charge is 0.507 e. The minimum absolute atomic E-state index is 0.433. The van der Waals surface area contributed by atoms with Crippen LogP contribution in [0.25, 0.3) is 0 Å². The summed E-state index contributed by atoms with van der Waals surface area (Å²) < 4.78 is 0. The first kappa shape index (κ1) is 14.0. The minimum Gasteiger partial charge on any atom is -0.507 e. The molecule has 0 radical (unpaired) electrons. The summed E-state index contributed by atoms with van der Waals surface area (Å²) in [6, 6.07) is 4.16. The van der Waals surface area contributed by atoms with Crippen molar-refractivity contribution in [3.8, 4) is 5.75 Å². The second-order valence-corrected chi connectivity index (χ2v) is 5.02. The number of phenols is 1. The Labute approximate surface area is 105 Å². The van der Waals surface area contributed by atoms with E-state index in [1.54, 1.807) is 0 Å². The second kappa shape index (κ2) is 6.65. The average molecular weight is 235 g/mol. The summed E-state index contributed by atoms with van der Waals surface area (Å²) in [7, 11) is 2.16. The van der Waals surface area contributed by atoms with Gasteiger partial charge < -0.3 is 10.0 Å². The zero-order valence-corrected chi connectivity index (χ0v) is 11.6. The molecule has 0 aromatic heterocycles. The molecule has 17 heavy (non-hydrogen) atoms. The van der Waals surface area contributed by atoms with Crippen LogP contribution in [0, 0.1) is 13.8 Å². The van der Waals surface area contributed by atoms with Crippen LogP contribution < -0.4 is 0 Å². The summed E-state index contributed by atoms with van der Waals surface area (Å²) in [6.45, 7) is 8.26. The second-order valence-electron chi connectivity index (χ2n) is 5.02. The van der Waals surface area contributed by atoms with E-state index in [1.165, 1.54) is 24.8 Å². The molecule has 96 valence electrons. The highest BCUT2D eigenvalue weighted by Gasteiger charge is 2.05. The number of unbranched alkanes of at least 4 members (excludes halogenated alkanes) is 2. The molecular formula is C15H25NO. The molecule has 0 bridgehead atoms. The molecule has 0 heterocycles. The predicted octanol–water partition coefficient (Wildman–Crippen LogP) is 3.63. The molecular weight excluding hydrogens is 210 g/mol. The topological polar surface area (TPSA) is 23.5 Å². The van der Waals surface area contributed by atoms with Gasteiger partial charge in [-0.3, -0.25) is 0 Å². The van der Waals surface area contributed by atoms with Crippen molar-refractivity contribution >= 4 is 0 Å². The van der Waals surface area contributed by atoms with Crippen LogP contribution in [0.1, 0.15) is 42.9 Å². The molecule has 0 fully saturated rings. The number of rotatable bonds is 6. The summed E-state index contributed by atoms with van der Waals surface area (Å²) in [4.78, 5) is 2.35. The molecule has 0 aliphatic heterocycles. The fourth-order valence-corrected chi connectivity index (χ4v) is 2.16. The van der Waals surface area contributed by atoms with Gasteiger partial charge in [0.05, 0.1) is 0 Å². The molecule has 0 aliphatic rings. The molecule has 1 rings (SSSR count). The predicted molar refractivity (Wildman–Crippen MR) is 73.4 cm³/mol. The molecule has 0 atom stereocenters. The van der Waals surface area contributed by atoms with Gasteiger partial charge in [-0.2, -0.15) is 0 Å². The van der Waals surface area contributed by atoms with E-state index in [2.05, 4.69) is 31.0 Å². The van der Waals surface area contributed by atoms with Crippen LogP contribution in [0.5, 0.6) is 5.75 Å². The summed E-state index contributed by atoms with van der Waals surface area (Å²) >= 11 is 0. The van der Waals surface area contributed by atoms with E-state index in [0.29, 0.717) is 5.75 Å². The van der Waals surface area contributed by atoms with Gasteiger partial charge in [0.25, 0.3) is 0 Å². The summed E-state index contributed by atoms with van der Waals surface area (Å²) in [5.41, 5.74) is 3.24. The van der Waals surface area contributed by atoms with Crippen LogP contribution >= 0.6 is 0 Å². The van der Waals surface area contributed by atoms with Crippen LogP contribution in [0.3, 0.4) is 0 Å². The molecule has 2 nitrogen and oxygen atoms in total. The van der Waals surface area contributed by atoms with Gasteiger partial charge in [0.1, 0.15) is 5.75 Å². The standard InChI is InChI=1S/C15H25NO/c1-5-6-7-8-16(4)11-14-9-12(2)15(17)13(3)10-14/h9-10,17H,5-8,11H2,1-4H3. The Balaban J connectivity index is 2.56. The maximum atomic E-state index is 9.72. The van der Waals surface area contributed by atoms with E-state index >= 15 is 0 Å². The van der Waals surface area contributed by atoms with Crippen molar-refractivity contribution in [3.05, 3.63) is 28.8 Å². The zero-order chi connectivity index (χ0) is 12.8. The smallest absolute Gasteiger partial charge is 0.121 e. The van der Waals surface area contributed by atoms with Gasteiger partial charge in [-0.05, 0) is 50.6 Å². The van der Waals surface area contributed by atoms with Gasteiger partial charge in [0.2, 0.25) is 0 Å². The lowest BCUT2D eigenvalue weighted by Gasteiger charge is -2.17. The summed E-state index contributed by atoms with van der Waals surface area (Å²) in [6.07, 6.45) is 3.84. The lowest BCUT2D eigenvalue weighted by atomic mass is 10.1. The number of nitrogens with zero attached hydrogens (tertiary/aromatic N) is 1. The summed E-state index contributed by atoms with van der Waals surface area (Å²) in [5.74, 6) is 0.433. The zero-order valence-electron chi connectivity index (χ0n) is 11.6. The number of benzene rings is 1. The molecule has 0 spiro atoms. The highest BCUT2D eigenvalue weighted by molar-refractivity contribution is 5.42. The van der Waals surface area contributed by atoms with Gasteiger partial charge in [0.15, 0.2) is 0 Å². The Morgan fingerprint density at radius 1 is 1.12 bits per heavy atom. The molecule has 0 saturated carbocycles. The molecule has 0 saturated heterocycles. The van der Waals surface area contributed by atoms with Gasteiger partial charge >= 0.3 is 0 Å². The SMILES string of the molecule is CCCCCN(C)Cc1cc(C)c(O)c(C)c1. The van der Waals surface area contributed by atoms with Gasteiger partial charge in [-0.15, -0.1) is 0 Å². The van der Waals surface area contributed by atoms with Crippen LogP contribution in [0.2, 0.25) is 0 Å². The Morgan fingerprint density at radius 2 is 1.71 bits per heavy atom. The Bertz CT molecular complexity index is 337. The van der Waals surface area contributed by atoms with Crippen LogP contribution in [0.4, 0.5) is 0 Å². The van der Waals surface area contributed by atoms with Crippen molar-refractivity contribution in [1.29, 1.82) is 0 Å². The van der Waals surface area contributed by atoms with E-state index in [9.17, 15) is 5.11 Å². The summed E-state index contributed by atoms with van der Waals surface area (Å²) in [5, 5.41) is 9.72. The van der Waals surface area contributed by atoms with E-state index in [1.807, 2.05) is 13.8 Å². The lowest BCUT2D eigenvalue weighted by Crippen LogP contribution is -2.19. The number of aromatic hydroxyl groups is 1. The molecule has 2 heteroatoms. The molecule has 1 N–H and O–H groups in total. The van der Waals surface area contributed by atoms with Crippen LogP contribution in [0.15, 0.2) is 12.1 Å². The maximum Gasteiger partial charge on any atom is 0.121 e. The average Bonchev–Trinajstić information content (AvgIpc) is 2.26. The van der Waals surface area contributed by atoms with Crippen LogP contribution in [-0.4, -0.2) is 23.6 Å². The third-order valence-corrected chi connectivity index (χ3v) is 3.15. The van der Waals surface area contributed by atoms with Crippen molar-refractivity contribution in [2.24, 2.45) is 0 Å². The van der Waals surface area contributed by atoms with Gasteiger partial charge in [-0.1, -0.05) is 31.9 Å². The van der Waals surface area contributed by atoms with Crippen molar-refractivity contribution in [3.63, 3.8) is 0 Å². The molecule has 0 unspecified atom stereocenters. The lowest BCUT2D eigenvalue weighted by molar-refractivity contribution is 0.318. The van der Waals surface area contributed by atoms with E-state index in [4.69, 9.17) is 0 Å². The third-order valence-electron chi connectivity index (χ3n) is 3.15. The maximum absolute atomic E-state index is 9.72. The number of hydrogen-bond donors (Lipinski definition) is 1. The number of hydrogen-bond acceptors (Lipinski definition) is 2. The van der Waals surface area contributed by atoms with E-state index in [-0.39, 0.29) is 0 Å². The Hall–Kier alpha value is -1.02. The van der Waals surface area contributed by atoms with Crippen molar-refractivity contribution in [2.75, 3.05) is 13.6 Å². The van der Waals surface area contributed by atoms with Crippen LogP contribution in [-0.2, 0) is 6.54 Å². The molecule has 0 amide bonds. The third kappa shape index (κ3) is 4.39. The minimum atomic E-state index is 0.433. The monoisotopic (exact) mass is 235 g/mol. The normalized spacial score (nSPS) is 11.1. The van der Waals surface area contributed by atoms with E-state index < -0.39 is 0 Å². The van der Waals surface area contributed by atoms with Crippen molar-refractivity contribution < 1.29 is 5.11 Å². The first-order valence-electron chi connectivity index (χ1n) is 6.52. The fourth-order valence-electron chi connectivity index (χ4n) is 2.16. The Morgan fingerprint density at radius 3 is 2.24 bits per heavy atom. The number of aryl methyl sites for hydroxylation is 2. The van der Waals surface area contributed by atoms with Crippen molar-refractivity contribution in [2.45, 2.75) is 46.6 Å². The fraction of sp³-hybridized carbons (Fsp3) is 0.600. The van der Waals surface area contributed by atoms with Gasteiger partial charge in [0, 0.05) is 6.54 Å². The highest BCUT2D eigenvalue weighted by Crippen LogP contribution is 2.23. The Kier molecular flexibility index (Phi) is 5.49. The first-order chi connectivity index (χ1) is 8.04. The molecule has 1 aromatic carbocycles. The van der Waals surface area contributed by atoms with Gasteiger partial charge in [-0.25, -0.2) is 0 Å². The first-order valence-corrected chi connectivity index (χ1v) is 6.52. The quantitative estimate of drug-likeness (QED) is 0.761. The molecule has 1 aromatic rings.